The lowest BCUT2D eigenvalue weighted by Gasteiger charge is -2.31. The number of nitrogens with one attached hydrogen (secondary N) is 3. The van der Waals surface area contributed by atoms with E-state index in [1.54, 1.807) is 19.9 Å². The van der Waals surface area contributed by atoms with Crippen LogP contribution in [-0.2, 0) is 5.54 Å². The number of halogens is 2. The van der Waals surface area contributed by atoms with E-state index in [-0.39, 0.29) is 27.6 Å². The van der Waals surface area contributed by atoms with Gasteiger partial charge in [0.15, 0.2) is 0 Å². The van der Waals surface area contributed by atoms with Crippen molar-refractivity contribution >= 4 is 34.6 Å². The normalized spacial score (nSPS) is 15.9. The first-order valence-electron chi connectivity index (χ1n) is 10.5. The van der Waals surface area contributed by atoms with Gasteiger partial charge in [0.05, 0.1) is 22.8 Å². The summed E-state index contributed by atoms with van der Waals surface area (Å²) < 4.78 is 20.7. The highest BCUT2D eigenvalue weighted by molar-refractivity contribution is 6.32. The molecular formula is C24H25ClFN3O4. The summed E-state index contributed by atoms with van der Waals surface area (Å²) in [7, 11) is 0. The summed E-state index contributed by atoms with van der Waals surface area (Å²) in [5.41, 5.74) is -2.62. The van der Waals surface area contributed by atoms with Crippen LogP contribution in [0.15, 0.2) is 32.2 Å². The first kappa shape index (κ1) is 23.0. The van der Waals surface area contributed by atoms with Crippen LogP contribution in [0.3, 0.4) is 0 Å². The molecule has 0 unspecified atom stereocenters. The lowest BCUT2D eigenvalue weighted by atomic mass is 9.84. The molecule has 4 rings (SSSR count). The molecular weight excluding hydrogens is 449 g/mol. The van der Waals surface area contributed by atoms with Crippen molar-refractivity contribution in [1.29, 1.82) is 0 Å². The second kappa shape index (κ2) is 7.45. The van der Waals surface area contributed by atoms with Gasteiger partial charge in [-0.15, -0.1) is 0 Å². The summed E-state index contributed by atoms with van der Waals surface area (Å²) in [5, 5.41) is 8.67. The van der Waals surface area contributed by atoms with E-state index in [1.165, 1.54) is 0 Å². The Morgan fingerprint density at radius 1 is 1.09 bits per heavy atom. The Bertz CT molecular complexity index is 1360. The molecule has 2 heterocycles. The number of furan rings is 1. The Morgan fingerprint density at radius 3 is 2.30 bits per heavy atom. The van der Waals surface area contributed by atoms with Crippen LogP contribution in [0.5, 0.6) is 0 Å². The Kier molecular flexibility index (Phi) is 5.20. The largest absolute Gasteiger partial charge is 0.464 e. The van der Waals surface area contributed by atoms with Crippen molar-refractivity contribution in [3.8, 4) is 0 Å². The molecule has 9 heteroatoms. The fourth-order valence-corrected chi connectivity index (χ4v) is 4.66. The molecule has 1 atom stereocenters. The van der Waals surface area contributed by atoms with E-state index < -0.39 is 39.6 Å². The summed E-state index contributed by atoms with van der Waals surface area (Å²) in [6.07, 6.45) is 0. The Balaban J connectivity index is 1.77. The molecule has 1 aliphatic rings. The van der Waals surface area contributed by atoms with E-state index in [0.29, 0.717) is 17.1 Å². The van der Waals surface area contributed by atoms with Gasteiger partial charge >= 0.3 is 0 Å². The van der Waals surface area contributed by atoms with Gasteiger partial charge < -0.3 is 20.4 Å². The minimum Gasteiger partial charge on any atom is -0.464 e. The molecule has 1 aromatic heterocycles. The summed E-state index contributed by atoms with van der Waals surface area (Å²) in [4.78, 5) is 37.6. The van der Waals surface area contributed by atoms with E-state index in [9.17, 15) is 18.8 Å². The Morgan fingerprint density at radius 2 is 1.73 bits per heavy atom. The van der Waals surface area contributed by atoms with E-state index >= 15 is 0 Å². The number of anilines is 3. The quantitative estimate of drug-likeness (QED) is 0.456. The summed E-state index contributed by atoms with van der Waals surface area (Å²) in [5.74, 6) is -0.0270. The minimum absolute atomic E-state index is 0.00902. The minimum atomic E-state index is -0.822. The van der Waals surface area contributed by atoms with Crippen molar-refractivity contribution in [3.63, 3.8) is 0 Å². The van der Waals surface area contributed by atoms with E-state index in [0.717, 1.165) is 6.07 Å². The average molecular weight is 474 g/mol. The zero-order valence-electron chi connectivity index (χ0n) is 19.2. The van der Waals surface area contributed by atoms with Crippen LogP contribution >= 0.6 is 11.6 Å². The maximum Gasteiger partial charge on any atom is 0.254 e. The number of hydrogen-bond acceptors (Lipinski definition) is 6. The first-order valence-corrected chi connectivity index (χ1v) is 10.9. The predicted molar refractivity (Wildman–Crippen MR) is 126 cm³/mol. The molecule has 2 aromatic carbocycles. The van der Waals surface area contributed by atoms with Crippen molar-refractivity contribution in [3.05, 3.63) is 72.1 Å². The molecule has 0 bridgehead atoms. The maximum atomic E-state index is 14.9. The molecule has 0 radical (unpaired) electrons. The van der Waals surface area contributed by atoms with Crippen molar-refractivity contribution in [2.45, 2.75) is 53.1 Å². The standard InChI is InChI=1S/C24H25ClFN3O4/c1-10-7-8-13(33-10)21(23(2,3)4)28-18-17(19(30)20(18)31)27-16-12(26)9-11(25)15-14(16)22(32)29-24(15,5)6/h7-9,21,27-28H,1-6H3,(H,29,32)/t21-/m0/s1. The van der Waals surface area contributed by atoms with Gasteiger partial charge in [-0.2, -0.15) is 0 Å². The zero-order valence-corrected chi connectivity index (χ0v) is 20.0. The van der Waals surface area contributed by atoms with E-state index in [1.807, 2.05) is 33.8 Å². The van der Waals surface area contributed by atoms with Gasteiger partial charge in [0.2, 0.25) is 0 Å². The molecule has 0 spiro atoms. The maximum absolute atomic E-state index is 14.9. The van der Waals surface area contributed by atoms with Crippen LogP contribution in [0.2, 0.25) is 5.02 Å². The van der Waals surface area contributed by atoms with E-state index in [4.69, 9.17) is 16.0 Å². The fourth-order valence-electron chi connectivity index (χ4n) is 4.23. The second-order valence-electron chi connectivity index (χ2n) is 9.97. The van der Waals surface area contributed by atoms with Crippen LogP contribution < -0.4 is 26.8 Å². The highest BCUT2D eigenvalue weighted by Gasteiger charge is 2.41. The highest BCUT2D eigenvalue weighted by atomic mass is 35.5. The van der Waals surface area contributed by atoms with Gasteiger partial charge in [0, 0.05) is 10.6 Å². The van der Waals surface area contributed by atoms with Gasteiger partial charge in [-0.05, 0) is 44.4 Å². The monoisotopic (exact) mass is 473 g/mol. The highest BCUT2D eigenvalue weighted by Crippen LogP contribution is 2.43. The molecule has 0 saturated carbocycles. The molecule has 3 aromatic rings. The lowest BCUT2D eigenvalue weighted by Crippen LogP contribution is -2.39. The van der Waals surface area contributed by atoms with Crippen LogP contribution in [-0.4, -0.2) is 5.91 Å². The number of rotatable bonds is 5. The Hall–Kier alpha value is -3.13. The SMILES string of the molecule is Cc1ccc([C@H](Nc2c(Nc3c(F)cc(Cl)c4c3C(=O)NC4(C)C)c(=O)c2=O)C(C)(C)C)o1. The number of carbonyl (C=O) groups is 1. The van der Waals surface area contributed by atoms with Crippen LogP contribution in [0.25, 0.3) is 0 Å². The van der Waals surface area contributed by atoms with Gasteiger partial charge in [0.1, 0.15) is 28.7 Å². The van der Waals surface area contributed by atoms with Crippen LogP contribution in [0.1, 0.15) is 68.1 Å². The molecule has 3 N–H and O–H groups in total. The first-order chi connectivity index (χ1) is 15.2. The van der Waals surface area contributed by atoms with Gasteiger partial charge in [0.25, 0.3) is 16.8 Å². The zero-order chi connectivity index (χ0) is 24.5. The summed E-state index contributed by atoms with van der Waals surface area (Å²) in [6, 6.07) is 4.25. The van der Waals surface area contributed by atoms with Gasteiger partial charge in [-0.1, -0.05) is 32.4 Å². The fraction of sp³-hybridized carbons (Fsp3) is 0.375. The van der Waals surface area contributed by atoms with Crippen molar-refractivity contribution < 1.29 is 13.6 Å². The molecule has 0 aliphatic carbocycles. The number of carbonyl (C=O) groups excluding carboxylic acids is 1. The van der Waals surface area contributed by atoms with E-state index in [2.05, 4.69) is 16.0 Å². The third-order valence-electron chi connectivity index (χ3n) is 5.87. The molecule has 33 heavy (non-hydrogen) atoms. The van der Waals surface area contributed by atoms with Gasteiger partial charge in [-0.3, -0.25) is 14.4 Å². The number of hydrogen-bond donors (Lipinski definition) is 3. The summed E-state index contributed by atoms with van der Waals surface area (Å²) >= 11 is 6.23. The molecule has 0 saturated heterocycles. The molecule has 0 fully saturated rings. The Labute approximate surface area is 195 Å². The molecule has 174 valence electrons. The van der Waals surface area contributed by atoms with Crippen molar-refractivity contribution in [2.24, 2.45) is 5.41 Å². The van der Waals surface area contributed by atoms with Crippen molar-refractivity contribution in [1.82, 2.24) is 5.32 Å². The molecule has 1 amide bonds. The number of amides is 1. The second-order valence-corrected chi connectivity index (χ2v) is 10.4. The number of aryl methyl sites for hydroxylation is 1. The van der Waals surface area contributed by atoms with Gasteiger partial charge in [-0.25, -0.2) is 4.39 Å². The molecule has 7 nitrogen and oxygen atoms in total. The smallest absolute Gasteiger partial charge is 0.254 e. The lowest BCUT2D eigenvalue weighted by molar-refractivity contribution is 0.0940. The topological polar surface area (TPSA) is 100 Å². The van der Waals surface area contributed by atoms with Crippen LogP contribution in [0.4, 0.5) is 21.5 Å². The summed E-state index contributed by atoms with van der Waals surface area (Å²) in [6.45, 7) is 11.2. The third-order valence-corrected chi connectivity index (χ3v) is 6.17. The predicted octanol–water partition coefficient (Wildman–Crippen LogP) is 4.90. The number of fused-ring (bicyclic) bond motifs is 1. The molecule has 1 aliphatic heterocycles. The average Bonchev–Trinajstić information content (AvgIpc) is 3.21. The number of benzene rings is 1. The third kappa shape index (κ3) is 3.72. The van der Waals surface area contributed by atoms with Crippen LogP contribution in [0, 0.1) is 18.2 Å². The van der Waals surface area contributed by atoms with Crippen molar-refractivity contribution in [2.75, 3.05) is 10.6 Å².